The van der Waals surface area contributed by atoms with Gasteiger partial charge in [-0.25, -0.2) is 9.97 Å². The third kappa shape index (κ3) is 4.20. The van der Waals surface area contributed by atoms with Crippen molar-refractivity contribution in [1.82, 2.24) is 9.97 Å². The van der Waals surface area contributed by atoms with E-state index in [9.17, 15) is 9.59 Å². The number of carbonyl (C=O) groups is 2. The van der Waals surface area contributed by atoms with E-state index >= 15 is 0 Å². The summed E-state index contributed by atoms with van der Waals surface area (Å²) in [7, 11) is 0. The van der Waals surface area contributed by atoms with E-state index in [-0.39, 0.29) is 16.9 Å². The van der Waals surface area contributed by atoms with Crippen LogP contribution in [0.4, 0.5) is 5.69 Å². The highest BCUT2D eigenvalue weighted by Gasteiger charge is 2.22. The minimum absolute atomic E-state index is 0.00377. The standard InChI is InChI=1S/C20H21N3O2S2/c1-5-16(18(25)23-15-8-6-14(7-9-15)12(3)24)27-20-17-11(2)13(4)26-19(17)21-10-22-20/h6-10,16H,5H2,1-4H3,(H,23,25). The molecule has 0 saturated carbocycles. The van der Waals surface area contributed by atoms with Gasteiger partial charge in [0.1, 0.15) is 16.2 Å². The van der Waals surface area contributed by atoms with E-state index in [1.54, 1.807) is 41.9 Å². The number of amides is 1. The number of hydrogen-bond acceptors (Lipinski definition) is 6. The maximum atomic E-state index is 12.8. The molecule has 3 aromatic rings. The first-order valence-corrected chi connectivity index (χ1v) is 10.4. The highest BCUT2D eigenvalue weighted by molar-refractivity contribution is 8.00. The van der Waals surface area contributed by atoms with E-state index in [1.165, 1.54) is 29.1 Å². The Morgan fingerprint density at radius 2 is 1.89 bits per heavy atom. The smallest absolute Gasteiger partial charge is 0.237 e. The van der Waals surface area contributed by atoms with E-state index < -0.39 is 0 Å². The molecule has 1 amide bonds. The zero-order valence-corrected chi connectivity index (χ0v) is 17.3. The van der Waals surface area contributed by atoms with Crippen LogP contribution in [0, 0.1) is 13.8 Å². The van der Waals surface area contributed by atoms with Crippen molar-refractivity contribution in [2.45, 2.75) is 44.4 Å². The number of nitrogens with zero attached hydrogens (tertiary/aromatic N) is 2. The second-order valence-corrected chi connectivity index (χ2v) is 8.67. The SMILES string of the molecule is CCC(Sc1ncnc2sc(C)c(C)c12)C(=O)Nc1ccc(C(C)=O)cc1. The highest BCUT2D eigenvalue weighted by Crippen LogP contribution is 2.36. The molecule has 5 nitrogen and oxygen atoms in total. The van der Waals surface area contributed by atoms with Crippen LogP contribution in [0.5, 0.6) is 0 Å². The number of fused-ring (bicyclic) bond motifs is 1. The van der Waals surface area contributed by atoms with Gasteiger partial charge in [-0.2, -0.15) is 0 Å². The molecule has 0 spiro atoms. The molecule has 2 aromatic heterocycles. The summed E-state index contributed by atoms with van der Waals surface area (Å²) in [5, 5.41) is 4.55. The number of benzene rings is 1. The third-order valence-electron chi connectivity index (χ3n) is 4.41. The molecular formula is C20H21N3O2S2. The normalized spacial score (nSPS) is 12.1. The molecule has 1 N–H and O–H groups in total. The van der Waals surface area contributed by atoms with E-state index in [0.717, 1.165) is 15.2 Å². The topological polar surface area (TPSA) is 72.0 Å². The average Bonchev–Trinajstić information content (AvgIpc) is 2.94. The fourth-order valence-electron chi connectivity index (χ4n) is 2.71. The summed E-state index contributed by atoms with van der Waals surface area (Å²) in [6.07, 6.45) is 2.24. The Morgan fingerprint density at radius 1 is 1.19 bits per heavy atom. The number of anilines is 1. The van der Waals surface area contributed by atoms with Gasteiger partial charge in [0.05, 0.1) is 5.25 Å². The number of ketones is 1. The molecule has 0 aliphatic heterocycles. The van der Waals surface area contributed by atoms with Crippen LogP contribution < -0.4 is 5.32 Å². The Labute approximate surface area is 166 Å². The lowest BCUT2D eigenvalue weighted by molar-refractivity contribution is -0.115. The van der Waals surface area contributed by atoms with E-state index in [2.05, 4.69) is 29.1 Å². The van der Waals surface area contributed by atoms with Crippen LogP contribution in [0.3, 0.4) is 0 Å². The lowest BCUT2D eigenvalue weighted by Crippen LogP contribution is -2.24. The summed E-state index contributed by atoms with van der Waals surface area (Å²) >= 11 is 3.12. The van der Waals surface area contributed by atoms with E-state index in [1.807, 2.05) is 6.92 Å². The lowest BCUT2D eigenvalue weighted by Gasteiger charge is -2.15. The number of thiophene rings is 1. The van der Waals surface area contributed by atoms with Gasteiger partial charge in [0.2, 0.25) is 5.91 Å². The first-order chi connectivity index (χ1) is 12.9. The van der Waals surface area contributed by atoms with Gasteiger partial charge in [-0.3, -0.25) is 9.59 Å². The van der Waals surface area contributed by atoms with Crippen LogP contribution in [0.2, 0.25) is 0 Å². The summed E-state index contributed by atoms with van der Waals surface area (Å²) in [5.74, 6) is -0.0708. The van der Waals surface area contributed by atoms with Crippen molar-refractivity contribution in [3.8, 4) is 0 Å². The van der Waals surface area contributed by atoms with Gasteiger partial charge in [0.25, 0.3) is 0 Å². The lowest BCUT2D eigenvalue weighted by atomic mass is 10.1. The fraction of sp³-hybridized carbons (Fsp3) is 0.300. The molecule has 3 rings (SSSR count). The number of rotatable bonds is 6. The number of aromatic nitrogens is 2. The summed E-state index contributed by atoms with van der Waals surface area (Å²) in [6.45, 7) is 7.65. The molecule has 140 valence electrons. The summed E-state index contributed by atoms with van der Waals surface area (Å²) < 4.78 is 0. The third-order valence-corrected chi connectivity index (χ3v) is 6.89. The van der Waals surface area contributed by atoms with Gasteiger partial charge in [0, 0.05) is 21.5 Å². The van der Waals surface area contributed by atoms with Crippen LogP contribution in [0.1, 0.15) is 41.1 Å². The number of thioether (sulfide) groups is 1. The second-order valence-electron chi connectivity index (χ2n) is 6.28. The largest absolute Gasteiger partial charge is 0.325 e. The average molecular weight is 400 g/mol. The predicted molar refractivity (Wildman–Crippen MR) is 112 cm³/mol. The molecule has 0 bridgehead atoms. The first-order valence-electron chi connectivity index (χ1n) is 8.70. The van der Waals surface area contributed by atoms with Gasteiger partial charge in [-0.15, -0.1) is 11.3 Å². The van der Waals surface area contributed by atoms with Crippen LogP contribution in [-0.4, -0.2) is 26.9 Å². The van der Waals surface area contributed by atoms with Crippen molar-refractivity contribution >= 4 is 50.7 Å². The summed E-state index contributed by atoms with van der Waals surface area (Å²) in [6, 6.07) is 6.94. The molecule has 7 heteroatoms. The monoisotopic (exact) mass is 399 g/mol. The number of hydrogen-bond donors (Lipinski definition) is 1. The highest BCUT2D eigenvalue weighted by atomic mass is 32.2. The minimum atomic E-state index is -0.268. The van der Waals surface area contributed by atoms with Crippen molar-refractivity contribution < 1.29 is 9.59 Å². The summed E-state index contributed by atoms with van der Waals surface area (Å²) in [5.41, 5.74) is 2.48. The number of aryl methyl sites for hydroxylation is 2. The van der Waals surface area contributed by atoms with E-state index in [4.69, 9.17) is 0 Å². The Hall–Kier alpha value is -2.25. The quantitative estimate of drug-likeness (QED) is 0.358. The molecule has 1 unspecified atom stereocenters. The summed E-state index contributed by atoms with van der Waals surface area (Å²) in [4.78, 5) is 35.1. The molecule has 27 heavy (non-hydrogen) atoms. The number of Topliss-reactive ketones (excluding diaryl/α,β-unsaturated/α-hetero) is 1. The second kappa shape index (κ2) is 8.19. The van der Waals surface area contributed by atoms with Gasteiger partial charge in [-0.05, 0) is 57.0 Å². The minimum Gasteiger partial charge on any atom is -0.325 e. The maximum absolute atomic E-state index is 12.8. The molecular weight excluding hydrogens is 378 g/mol. The van der Waals surface area contributed by atoms with Gasteiger partial charge in [-0.1, -0.05) is 18.7 Å². The van der Waals surface area contributed by atoms with Crippen molar-refractivity contribution in [1.29, 1.82) is 0 Å². The van der Waals surface area contributed by atoms with Gasteiger partial charge < -0.3 is 5.32 Å². The van der Waals surface area contributed by atoms with Crippen LogP contribution in [0.15, 0.2) is 35.6 Å². The van der Waals surface area contributed by atoms with Crippen molar-refractivity contribution in [2.75, 3.05) is 5.32 Å². The number of carbonyl (C=O) groups excluding carboxylic acids is 2. The van der Waals surface area contributed by atoms with Crippen LogP contribution >= 0.6 is 23.1 Å². The van der Waals surface area contributed by atoms with Crippen molar-refractivity contribution in [3.63, 3.8) is 0 Å². The zero-order valence-electron chi connectivity index (χ0n) is 15.7. The van der Waals surface area contributed by atoms with Crippen LogP contribution in [-0.2, 0) is 4.79 Å². The van der Waals surface area contributed by atoms with Gasteiger partial charge >= 0.3 is 0 Å². The van der Waals surface area contributed by atoms with E-state index in [0.29, 0.717) is 17.7 Å². The number of nitrogens with one attached hydrogen (secondary N) is 1. The Kier molecular flexibility index (Phi) is 5.92. The molecule has 0 fully saturated rings. The maximum Gasteiger partial charge on any atom is 0.237 e. The Bertz CT molecular complexity index is 996. The molecule has 2 heterocycles. The van der Waals surface area contributed by atoms with Crippen molar-refractivity contribution in [3.05, 3.63) is 46.6 Å². The molecule has 1 aromatic carbocycles. The predicted octanol–water partition coefficient (Wildman–Crippen LogP) is 5.02. The fourth-order valence-corrected chi connectivity index (χ4v) is 4.85. The molecule has 0 radical (unpaired) electrons. The Morgan fingerprint density at radius 3 is 2.52 bits per heavy atom. The Balaban J connectivity index is 1.79. The zero-order chi connectivity index (χ0) is 19.6. The molecule has 1 atom stereocenters. The molecule has 0 aliphatic carbocycles. The van der Waals surface area contributed by atoms with Gasteiger partial charge in [0.15, 0.2) is 5.78 Å². The van der Waals surface area contributed by atoms with Crippen molar-refractivity contribution in [2.24, 2.45) is 0 Å². The molecule has 0 aliphatic rings. The first kappa shape index (κ1) is 19.5. The van der Waals surface area contributed by atoms with Crippen LogP contribution in [0.25, 0.3) is 10.2 Å². The molecule has 0 saturated heterocycles.